The predicted octanol–water partition coefficient (Wildman–Crippen LogP) is 3.44. The summed E-state index contributed by atoms with van der Waals surface area (Å²) in [6, 6.07) is 4.39. The number of nitro benzene ring substituents is 1. The van der Waals surface area contributed by atoms with E-state index >= 15 is 0 Å². The first-order valence-corrected chi connectivity index (χ1v) is 6.10. The molecule has 0 aliphatic rings. The van der Waals surface area contributed by atoms with Gasteiger partial charge >= 0.3 is 0 Å². The Bertz CT molecular complexity index is 625. The van der Waals surface area contributed by atoms with Gasteiger partial charge in [-0.2, -0.15) is 0 Å². The van der Waals surface area contributed by atoms with Crippen LogP contribution in [0.3, 0.4) is 0 Å². The number of aromatic nitrogens is 1. The van der Waals surface area contributed by atoms with Crippen molar-refractivity contribution in [1.29, 1.82) is 0 Å². The lowest BCUT2D eigenvalue weighted by Crippen LogP contribution is -1.95. The summed E-state index contributed by atoms with van der Waals surface area (Å²) < 4.78 is 5.14. The van der Waals surface area contributed by atoms with Crippen LogP contribution in [0.25, 0.3) is 11.3 Å². The Kier molecular flexibility index (Phi) is 3.71. The fraction of sp³-hybridized carbons (Fsp3) is 0.250. The molecule has 0 spiro atoms. The Balaban J connectivity index is 2.62. The summed E-state index contributed by atoms with van der Waals surface area (Å²) in [5.74, 6) is 0.601. The Morgan fingerprint density at radius 1 is 1.53 bits per heavy atom. The van der Waals surface area contributed by atoms with Crippen molar-refractivity contribution in [3.63, 3.8) is 0 Å². The minimum Gasteiger partial charge on any atom is -0.381 e. The molecular formula is C12H12ClN3O3. The van der Waals surface area contributed by atoms with Gasteiger partial charge in [0.1, 0.15) is 0 Å². The third-order valence-corrected chi connectivity index (χ3v) is 2.95. The van der Waals surface area contributed by atoms with Crippen molar-refractivity contribution in [3.8, 4) is 11.3 Å². The molecule has 2 aromatic rings. The molecule has 19 heavy (non-hydrogen) atoms. The molecule has 0 aliphatic carbocycles. The molecule has 1 aromatic carbocycles. The van der Waals surface area contributed by atoms with E-state index in [2.05, 4.69) is 5.16 Å². The number of nitro groups is 1. The Hall–Kier alpha value is -2.08. The molecule has 100 valence electrons. The molecular weight excluding hydrogens is 270 g/mol. The molecule has 0 unspecified atom stereocenters. The van der Waals surface area contributed by atoms with Crippen LogP contribution in [-0.4, -0.2) is 10.1 Å². The highest BCUT2D eigenvalue weighted by molar-refractivity contribution is 6.30. The van der Waals surface area contributed by atoms with Crippen LogP contribution in [0, 0.1) is 10.1 Å². The Labute approximate surface area is 114 Å². The van der Waals surface area contributed by atoms with Crippen LogP contribution in [0.1, 0.15) is 18.9 Å². The highest BCUT2D eigenvalue weighted by Crippen LogP contribution is 2.36. The van der Waals surface area contributed by atoms with Crippen molar-refractivity contribution >= 4 is 23.1 Å². The quantitative estimate of drug-likeness (QED) is 0.684. The first kappa shape index (κ1) is 13.4. The van der Waals surface area contributed by atoms with Gasteiger partial charge in [-0.15, -0.1) is 0 Å². The zero-order valence-corrected chi connectivity index (χ0v) is 11.0. The van der Waals surface area contributed by atoms with E-state index in [1.54, 1.807) is 12.1 Å². The smallest absolute Gasteiger partial charge is 0.281 e. The highest BCUT2D eigenvalue weighted by atomic mass is 35.5. The number of hydrogen-bond donors (Lipinski definition) is 1. The summed E-state index contributed by atoms with van der Waals surface area (Å²) >= 11 is 5.78. The fourth-order valence-electron chi connectivity index (χ4n) is 1.87. The lowest BCUT2D eigenvalue weighted by molar-refractivity contribution is -0.384. The molecule has 1 heterocycles. The molecule has 2 N–H and O–H groups in total. The third kappa shape index (κ3) is 2.53. The number of anilines is 1. The largest absolute Gasteiger partial charge is 0.381 e. The molecule has 0 aliphatic heterocycles. The zero-order chi connectivity index (χ0) is 14.0. The molecule has 0 fully saturated rings. The Morgan fingerprint density at radius 2 is 2.26 bits per heavy atom. The predicted molar refractivity (Wildman–Crippen MR) is 72.0 cm³/mol. The van der Waals surface area contributed by atoms with Gasteiger partial charge in [0.05, 0.1) is 10.5 Å². The summed E-state index contributed by atoms with van der Waals surface area (Å²) in [5, 5.41) is 15.1. The van der Waals surface area contributed by atoms with Crippen molar-refractivity contribution in [1.82, 2.24) is 5.16 Å². The average Bonchev–Trinajstić information content (AvgIpc) is 2.72. The molecule has 0 radical (unpaired) electrons. The van der Waals surface area contributed by atoms with E-state index in [0.717, 1.165) is 6.42 Å². The number of benzene rings is 1. The number of halogens is 1. The van der Waals surface area contributed by atoms with Crippen molar-refractivity contribution in [2.24, 2.45) is 0 Å². The number of nitrogens with zero attached hydrogens (tertiary/aromatic N) is 2. The topological polar surface area (TPSA) is 95.2 Å². The summed E-state index contributed by atoms with van der Waals surface area (Å²) in [6.07, 6.45) is 1.48. The van der Waals surface area contributed by atoms with Gasteiger partial charge in [0.2, 0.25) is 0 Å². The first-order chi connectivity index (χ1) is 9.04. The highest BCUT2D eigenvalue weighted by Gasteiger charge is 2.23. The monoisotopic (exact) mass is 281 g/mol. The zero-order valence-electron chi connectivity index (χ0n) is 10.2. The van der Waals surface area contributed by atoms with Crippen LogP contribution in [0.15, 0.2) is 22.7 Å². The average molecular weight is 282 g/mol. The maximum Gasteiger partial charge on any atom is 0.281 e. The van der Waals surface area contributed by atoms with E-state index < -0.39 is 4.92 Å². The van der Waals surface area contributed by atoms with Crippen molar-refractivity contribution in [2.45, 2.75) is 19.8 Å². The first-order valence-electron chi connectivity index (χ1n) is 5.73. The number of rotatable bonds is 4. The van der Waals surface area contributed by atoms with Gasteiger partial charge in [0, 0.05) is 16.7 Å². The second-order valence-corrected chi connectivity index (χ2v) is 4.48. The maximum atomic E-state index is 11.1. The molecule has 1 aromatic heterocycles. The second-order valence-electron chi connectivity index (χ2n) is 4.04. The van der Waals surface area contributed by atoms with E-state index in [4.69, 9.17) is 21.9 Å². The normalized spacial score (nSPS) is 10.6. The molecule has 7 heteroatoms. The molecule has 0 amide bonds. The minimum absolute atomic E-state index is 0.124. The lowest BCUT2D eigenvalue weighted by atomic mass is 10.0. The molecule has 0 atom stereocenters. The summed E-state index contributed by atoms with van der Waals surface area (Å²) in [5.41, 5.74) is 6.62. The van der Waals surface area contributed by atoms with E-state index in [9.17, 15) is 10.1 Å². The standard InChI is InChI=1S/C12H12ClN3O3/c1-2-3-9-11(19-15-12(9)14)8-5-4-7(13)6-10(8)16(17)18/h4-6H,2-3H2,1H3,(H2,14,15). The van der Waals surface area contributed by atoms with E-state index in [1.807, 2.05) is 6.92 Å². The van der Waals surface area contributed by atoms with E-state index in [0.29, 0.717) is 28.3 Å². The number of nitrogens with two attached hydrogens (primary N) is 1. The molecule has 0 saturated heterocycles. The number of hydrogen-bond acceptors (Lipinski definition) is 5. The van der Waals surface area contributed by atoms with Crippen molar-refractivity contribution in [3.05, 3.63) is 38.9 Å². The SMILES string of the molecule is CCCc1c(N)noc1-c1ccc(Cl)cc1[N+](=O)[O-]. The van der Waals surface area contributed by atoms with Gasteiger partial charge in [-0.3, -0.25) is 10.1 Å². The number of nitrogen functional groups attached to an aromatic ring is 1. The van der Waals surface area contributed by atoms with Crippen LogP contribution < -0.4 is 5.73 Å². The summed E-state index contributed by atoms with van der Waals surface area (Å²) in [7, 11) is 0. The van der Waals surface area contributed by atoms with Crippen LogP contribution in [0.2, 0.25) is 5.02 Å². The van der Waals surface area contributed by atoms with Crippen molar-refractivity contribution in [2.75, 3.05) is 5.73 Å². The van der Waals surface area contributed by atoms with Gasteiger partial charge < -0.3 is 10.3 Å². The summed E-state index contributed by atoms with van der Waals surface area (Å²) in [6.45, 7) is 1.98. The van der Waals surface area contributed by atoms with E-state index in [1.165, 1.54) is 6.07 Å². The third-order valence-electron chi connectivity index (χ3n) is 2.72. The molecule has 0 bridgehead atoms. The van der Waals surface area contributed by atoms with Gasteiger partial charge in [-0.1, -0.05) is 30.1 Å². The van der Waals surface area contributed by atoms with Crippen LogP contribution in [0.4, 0.5) is 11.5 Å². The van der Waals surface area contributed by atoms with Gasteiger partial charge in [-0.25, -0.2) is 0 Å². The lowest BCUT2D eigenvalue weighted by Gasteiger charge is -2.02. The minimum atomic E-state index is -0.504. The second kappa shape index (κ2) is 5.27. The molecule has 0 saturated carbocycles. The maximum absolute atomic E-state index is 11.1. The van der Waals surface area contributed by atoms with Crippen molar-refractivity contribution < 1.29 is 9.45 Å². The van der Waals surface area contributed by atoms with Crippen LogP contribution >= 0.6 is 11.6 Å². The van der Waals surface area contributed by atoms with E-state index in [-0.39, 0.29) is 11.5 Å². The molecule has 2 rings (SSSR count). The van der Waals surface area contributed by atoms with Gasteiger partial charge in [-0.05, 0) is 18.6 Å². The Morgan fingerprint density at radius 3 is 2.89 bits per heavy atom. The van der Waals surface area contributed by atoms with Crippen LogP contribution in [0.5, 0.6) is 0 Å². The van der Waals surface area contributed by atoms with Gasteiger partial charge in [0.25, 0.3) is 5.69 Å². The van der Waals surface area contributed by atoms with Crippen LogP contribution in [-0.2, 0) is 6.42 Å². The fourth-order valence-corrected chi connectivity index (χ4v) is 2.04. The molecule has 6 nitrogen and oxygen atoms in total. The summed E-state index contributed by atoms with van der Waals surface area (Å²) in [4.78, 5) is 10.6. The van der Waals surface area contributed by atoms with Gasteiger partial charge in [0.15, 0.2) is 11.6 Å².